The van der Waals surface area contributed by atoms with Crippen LogP contribution in [-0.4, -0.2) is 27.8 Å². The number of fused-ring (bicyclic) bond motifs is 1. The molecule has 0 fully saturated rings. The Hall–Kier alpha value is -3.80. The molecule has 166 valence electrons. The van der Waals surface area contributed by atoms with Crippen molar-refractivity contribution in [3.8, 4) is 11.3 Å². The highest BCUT2D eigenvalue weighted by Crippen LogP contribution is 2.34. The maximum Gasteiger partial charge on any atom is 0.280 e. The monoisotopic (exact) mass is 457 g/mol. The quantitative estimate of drug-likeness (QED) is 0.436. The number of nitrogens with zero attached hydrogens (tertiary/aromatic N) is 4. The second-order valence-corrected chi connectivity index (χ2v) is 9.13. The van der Waals surface area contributed by atoms with E-state index in [2.05, 4.69) is 9.71 Å². The molecule has 0 amide bonds. The van der Waals surface area contributed by atoms with E-state index in [0.717, 1.165) is 43.8 Å². The molecule has 1 aliphatic rings. The van der Waals surface area contributed by atoms with Crippen LogP contribution in [0, 0.1) is 27.2 Å². The number of nitrogens with one attached hydrogen (secondary N) is 1. The molecule has 0 aliphatic carbocycles. The Balaban J connectivity index is 1.76. The number of hydrogen-bond donors (Lipinski definition) is 1. The largest absolute Gasteiger partial charge is 0.334 e. The molecule has 1 aromatic heterocycles. The van der Waals surface area contributed by atoms with E-state index in [1.54, 1.807) is 24.3 Å². The number of aryl methyl sites for hydroxylation is 2. The zero-order chi connectivity index (χ0) is 23.0. The minimum atomic E-state index is -4.37. The van der Waals surface area contributed by atoms with E-state index >= 15 is 0 Å². The molecule has 12 heteroatoms. The van der Waals surface area contributed by atoms with Gasteiger partial charge in [-0.2, -0.15) is 0 Å². The molecular formula is C20H19N5O6S. The Morgan fingerprint density at radius 2 is 1.72 bits per heavy atom. The zero-order valence-electron chi connectivity index (χ0n) is 17.0. The number of hydrogen-bond acceptors (Lipinski definition) is 7. The number of nitro benzene ring substituents is 2. The number of imidazole rings is 1. The first-order valence-electron chi connectivity index (χ1n) is 9.79. The first-order valence-corrected chi connectivity index (χ1v) is 11.3. The normalized spacial score (nSPS) is 13.4. The number of para-hydroxylation sites is 1. The highest BCUT2D eigenvalue weighted by molar-refractivity contribution is 7.92. The maximum absolute atomic E-state index is 13.1. The van der Waals surface area contributed by atoms with Gasteiger partial charge in [-0.05, 0) is 25.8 Å². The van der Waals surface area contributed by atoms with Crippen LogP contribution in [0.25, 0.3) is 11.3 Å². The molecule has 11 nitrogen and oxygen atoms in total. The minimum Gasteiger partial charge on any atom is -0.334 e. The van der Waals surface area contributed by atoms with E-state index in [4.69, 9.17) is 0 Å². The standard InChI is InChI=1S/C20H19N5O6S/c1-13-18(24(26)27)10-14(11-19(13)25(28)29)32(30,31)22-16-7-3-2-6-15(16)17-12-23-9-5-4-8-20(23)21-17/h2-3,6-7,10-12,22H,4-5,8-9H2,1H3. The smallest absolute Gasteiger partial charge is 0.280 e. The summed E-state index contributed by atoms with van der Waals surface area (Å²) in [5, 5.41) is 22.7. The van der Waals surface area contributed by atoms with Crippen molar-refractivity contribution in [2.24, 2.45) is 0 Å². The molecule has 0 radical (unpaired) electrons. The summed E-state index contributed by atoms with van der Waals surface area (Å²) >= 11 is 0. The molecule has 0 atom stereocenters. The lowest BCUT2D eigenvalue weighted by molar-refractivity contribution is -0.395. The third-order valence-corrected chi connectivity index (χ3v) is 6.73. The van der Waals surface area contributed by atoms with E-state index in [1.807, 2.05) is 10.8 Å². The third kappa shape index (κ3) is 3.91. The van der Waals surface area contributed by atoms with Crippen LogP contribution in [0.2, 0.25) is 0 Å². The summed E-state index contributed by atoms with van der Waals surface area (Å²) in [5.41, 5.74) is -0.156. The Bertz CT molecular complexity index is 1290. The fraction of sp³-hybridized carbons (Fsp3) is 0.250. The molecule has 1 N–H and O–H groups in total. The number of anilines is 1. The van der Waals surface area contributed by atoms with Gasteiger partial charge in [0.1, 0.15) is 16.3 Å². The van der Waals surface area contributed by atoms with E-state index < -0.39 is 36.1 Å². The summed E-state index contributed by atoms with van der Waals surface area (Å²) in [6.07, 6.45) is 4.78. The summed E-state index contributed by atoms with van der Waals surface area (Å²) < 4.78 is 30.6. The molecule has 0 saturated heterocycles. The van der Waals surface area contributed by atoms with Gasteiger partial charge < -0.3 is 4.57 Å². The van der Waals surface area contributed by atoms with Crippen LogP contribution < -0.4 is 4.72 Å². The third-order valence-electron chi connectivity index (χ3n) is 5.39. The fourth-order valence-electron chi connectivity index (χ4n) is 3.73. The summed E-state index contributed by atoms with van der Waals surface area (Å²) in [7, 11) is -4.37. The van der Waals surface area contributed by atoms with Crippen LogP contribution in [0.4, 0.5) is 17.1 Å². The molecule has 4 rings (SSSR count). The van der Waals surface area contributed by atoms with Crippen molar-refractivity contribution in [2.75, 3.05) is 4.72 Å². The Morgan fingerprint density at radius 3 is 2.34 bits per heavy atom. The van der Waals surface area contributed by atoms with Crippen molar-refractivity contribution in [3.63, 3.8) is 0 Å². The predicted molar refractivity (Wildman–Crippen MR) is 116 cm³/mol. The molecule has 0 saturated carbocycles. The van der Waals surface area contributed by atoms with Crippen molar-refractivity contribution in [1.29, 1.82) is 0 Å². The first kappa shape index (κ1) is 21.4. The van der Waals surface area contributed by atoms with Crippen molar-refractivity contribution in [1.82, 2.24) is 9.55 Å². The molecule has 1 aliphatic heterocycles. The molecule has 0 spiro atoms. The van der Waals surface area contributed by atoms with Gasteiger partial charge in [-0.25, -0.2) is 13.4 Å². The van der Waals surface area contributed by atoms with Crippen molar-refractivity contribution in [3.05, 3.63) is 74.2 Å². The molecule has 3 aromatic rings. The van der Waals surface area contributed by atoms with Crippen LogP contribution in [-0.2, 0) is 23.0 Å². The van der Waals surface area contributed by atoms with Gasteiger partial charge in [-0.15, -0.1) is 0 Å². The summed E-state index contributed by atoms with van der Waals surface area (Å²) in [4.78, 5) is 25.0. The Kier molecular flexibility index (Phi) is 5.38. The van der Waals surface area contributed by atoms with Gasteiger partial charge in [0.25, 0.3) is 21.4 Å². The predicted octanol–water partition coefficient (Wildman–Crippen LogP) is 3.81. The van der Waals surface area contributed by atoms with E-state index in [1.165, 1.54) is 6.92 Å². The molecular weight excluding hydrogens is 438 g/mol. The lowest BCUT2D eigenvalue weighted by Gasteiger charge is -2.12. The second-order valence-electron chi connectivity index (χ2n) is 7.44. The lowest BCUT2D eigenvalue weighted by atomic mass is 10.1. The maximum atomic E-state index is 13.1. The number of rotatable bonds is 6. The van der Waals surface area contributed by atoms with Crippen LogP contribution in [0.5, 0.6) is 0 Å². The molecule has 2 heterocycles. The lowest BCUT2D eigenvalue weighted by Crippen LogP contribution is -2.15. The summed E-state index contributed by atoms with van der Waals surface area (Å²) in [5.74, 6) is 0.925. The first-order chi connectivity index (χ1) is 15.2. The van der Waals surface area contributed by atoms with Crippen molar-refractivity contribution in [2.45, 2.75) is 37.6 Å². The van der Waals surface area contributed by atoms with Gasteiger partial charge in [0.15, 0.2) is 0 Å². The summed E-state index contributed by atoms with van der Waals surface area (Å²) in [6, 6.07) is 8.28. The highest BCUT2D eigenvalue weighted by atomic mass is 32.2. The van der Waals surface area contributed by atoms with E-state index in [9.17, 15) is 28.6 Å². The van der Waals surface area contributed by atoms with Gasteiger partial charge in [0, 0.05) is 36.9 Å². The SMILES string of the molecule is Cc1c([N+](=O)[O-])cc(S(=O)(=O)Nc2ccccc2-c2cn3c(n2)CCCC3)cc1[N+](=O)[O-]. The average Bonchev–Trinajstić information content (AvgIpc) is 3.17. The fourth-order valence-corrected chi connectivity index (χ4v) is 4.85. The van der Waals surface area contributed by atoms with E-state index in [0.29, 0.717) is 11.3 Å². The molecule has 2 aromatic carbocycles. The second kappa shape index (κ2) is 8.04. The Morgan fingerprint density at radius 1 is 1.06 bits per heavy atom. The van der Waals surface area contributed by atoms with Gasteiger partial charge in [-0.1, -0.05) is 18.2 Å². The zero-order valence-corrected chi connectivity index (χ0v) is 17.8. The number of benzene rings is 2. The van der Waals surface area contributed by atoms with Crippen LogP contribution in [0.3, 0.4) is 0 Å². The number of aromatic nitrogens is 2. The molecule has 32 heavy (non-hydrogen) atoms. The van der Waals surface area contributed by atoms with E-state index in [-0.39, 0.29) is 11.3 Å². The van der Waals surface area contributed by atoms with Crippen molar-refractivity contribution >= 4 is 27.1 Å². The van der Waals surface area contributed by atoms with Crippen LogP contribution in [0.15, 0.2) is 47.5 Å². The van der Waals surface area contributed by atoms with Crippen LogP contribution >= 0.6 is 0 Å². The Labute approximate surface area is 183 Å². The van der Waals surface area contributed by atoms with Crippen molar-refractivity contribution < 1.29 is 18.3 Å². The molecule has 0 unspecified atom stereocenters. The number of sulfonamides is 1. The van der Waals surface area contributed by atoms with Gasteiger partial charge in [0.2, 0.25) is 0 Å². The summed E-state index contributed by atoms with van der Waals surface area (Å²) in [6.45, 7) is 2.04. The molecule has 0 bridgehead atoms. The van der Waals surface area contributed by atoms with Crippen LogP contribution in [0.1, 0.15) is 24.2 Å². The van der Waals surface area contributed by atoms with Gasteiger partial charge in [-0.3, -0.25) is 25.0 Å². The minimum absolute atomic E-state index is 0.217. The number of nitro groups is 2. The van der Waals surface area contributed by atoms with Gasteiger partial charge >= 0.3 is 0 Å². The highest BCUT2D eigenvalue weighted by Gasteiger charge is 2.28. The average molecular weight is 457 g/mol. The van der Waals surface area contributed by atoms with Gasteiger partial charge in [0.05, 0.1) is 21.2 Å². The topological polar surface area (TPSA) is 150 Å².